The molecule has 3 heteroatoms. The molecule has 0 aromatic heterocycles. The molecule has 0 saturated heterocycles. The van der Waals surface area contributed by atoms with Crippen molar-refractivity contribution < 1.29 is 14.4 Å². The maximum absolute atomic E-state index is 11.0. The fourth-order valence-corrected chi connectivity index (χ4v) is 3.32. The number of rotatable bonds is 8. The minimum atomic E-state index is 0.138. The lowest BCUT2D eigenvalue weighted by molar-refractivity contribution is -0.115. The van der Waals surface area contributed by atoms with Crippen LogP contribution in [0.15, 0.2) is 59.3 Å². The molecule has 0 aromatic rings. The van der Waals surface area contributed by atoms with Crippen LogP contribution < -0.4 is 0 Å². The summed E-state index contributed by atoms with van der Waals surface area (Å²) in [6.45, 7) is 19.6. The largest absolute Gasteiger partial charge is 0.300 e. The number of ketones is 3. The zero-order chi connectivity index (χ0) is 26.0. The highest BCUT2D eigenvalue weighted by atomic mass is 16.1. The zero-order valence-corrected chi connectivity index (χ0v) is 22.9. The van der Waals surface area contributed by atoms with Gasteiger partial charge in [-0.3, -0.25) is 9.59 Å². The van der Waals surface area contributed by atoms with Gasteiger partial charge in [0, 0.05) is 12.3 Å². The van der Waals surface area contributed by atoms with Crippen LogP contribution in [0.1, 0.15) is 101 Å². The Morgan fingerprint density at radius 2 is 1.61 bits per heavy atom. The SMILES string of the molecule is CC(=O)/C=C/C1C(C)=CCCC1(C)C.CC(C)=O.CCC(=O)/C=C/C=C(\C)CCC=C(C)C. The summed E-state index contributed by atoms with van der Waals surface area (Å²) < 4.78 is 0. The van der Waals surface area contributed by atoms with Crippen LogP contribution in [-0.4, -0.2) is 17.3 Å². The van der Waals surface area contributed by atoms with Gasteiger partial charge in [-0.05, 0) is 91.7 Å². The fourth-order valence-electron chi connectivity index (χ4n) is 3.32. The predicted molar refractivity (Wildman–Crippen MR) is 143 cm³/mol. The van der Waals surface area contributed by atoms with Crippen molar-refractivity contribution >= 4 is 17.3 Å². The van der Waals surface area contributed by atoms with Crippen molar-refractivity contribution in [2.24, 2.45) is 11.3 Å². The number of carbonyl (C=O) groups is 3. The van der Waals surface area contributed by atoms with Crippen molar-refractivity contribution in [3.8, 4) is 0 Å². The van der Waals surface area contributed by atoms with E-state index in [-0.39, 0.29) is 17.3 Å². The van der Waals surface area contributed by atoms with E-state index in [9.17, 15) is 14.4 Å². The van der Waals surface area contributed by atoms with E-state index in [4.69, 9.17) is 0 Å². The lowest BCUT2D eigenvalue weighted by atomic mass is 9.68. The second kappa shape index (κ2) is 18.2. The van der Waals surface area contributed by atoms with E-state index in [1.807, 2.05) is 19.1 Å². The normalized spacial score (nSPS) is 17.3. The predicted octanol–water partition coefficient (Wildman–Crippen LogP) is 8.32. The topological polar surface area (TPSA) is 51.2 Å². The van der Waals surface area contributed by atoms with Crippen LogP contribution in [0.3, 0.4) is 0 Å². The molecule has 3 nitrogen and oxygen atoms in total. The van der Waals surface area contributed by atoms with E-state index in [0.717, 1.165) is 12.8 Å². The zero-order valence-electron chi connectivity index (χ0n) is 22.9. The van der Waals surface area contributed by atoms with Crippen molar-refractivity contribution in [2.45, 2.75) is 101 Å². The maximum Gasteiger partial charge on any atom is 0.155 e. The molecule has 1 aliphatic carbocycles. The molecule has 0 aliphatic heterocycles. The van der Waals surface area contributed by atoms with E-state index in [2.05, 4.69) is 59.8 Å². The molecule has 0 N–H and O–H groups in total. The van der Waals surface area contributed by atoms with Crippen LogP contribution in [0, 0.1) is 11.3 Å². The molecule has 0 bridgehead atoms. The number of hydrogen-bond donors (Lipinski definition) is 0. The molecule has 33 heavy (non-hydrogen) atoms. The van der Waals surface area contributed by atoms with Crippen LogP contribution in [0.5, 0.6) is 0 Å². The van der Waals surface area contributed by atoms with Crippen LogP contribution in [-0.2, 0) is 14.4 Å². The Kier molecular flexibility index (Phi) is 18.1. The second-order valence-electron chi connectivity index (χ2n) is 9.84. The van der Waals surface area contributed by atoms with Gasteiger partial charge in [-0.2, -0.15) is 0 Å². The maximum atomic E-state index is 11.0. The molecule has 0 amide bonds. The van der Waals surface area contributed by atoms with Gasteiger partial charge in [-0.25, -0.2) is 0 Å². The summed E-state index contributed by atoms with van der Waals surface area (Å²) in [5.41, 5.74) is 4.37. The third-order valence-corrected chi connectivity index (χ3v) is 5.21. The van der Waals surface area contributed by atoms with Crippen molar-refractivity contribution in [3.63, 3.8) is 0 Å². The van der Waals surface area contributed by atoms with Crippen molar-refractivity contribution in [1.82, 2.24) is 0 Å². The van der Waals surface area contributed by atoms with Crippen LogP contribution in [0.2, 0.25) is 0 Å². The average Bonchev–Trinajstić information content (AvgIpc) is 2.66. The summed E-state index contributed by atoms with van der Waals surface area (Å²) in [6, 6.07) is 0. The van der Waals surface area contributed by atoms with Gasteiger partial charge in [0.25, 0.3) is 0 Å². The summed E-state index contributed by atoms with van der Waals surface area (Å²) in [6.07, 6.45) is 18.9. The molecule has 1 unspecified atom stereocenters. The van der Waals surface area contributed by atoms with Gasteiger partial charge in [-0.15, -0.1) is 0 Å². The Labute approximate surface area is 203 Å². The first-order valence-electron chi connectivity index (χ1n) is 12.1. The molecule has 0 radical (unpaired) electrons. The van der Waals surface area contributed by atoms with Gasteiger partial charge in [0.1, 0.15) is 5.78 Å². The van der Waals surface area contributed by atoms with Crippen molar-refractivity contribution in [1.29, 1.82) is 0 Å². The van der Waals surface area contributed by atoms with Gasteiger partial charge >= 0.3 is 0 Å². The number of Topliss-reactive ketones (excluding diaryl/α,β-unsaturated/α-hetero) is 1. The van der Waals surface area contributed by atoms with Crippen molar-refractivity contribution in [2.75, 3.05) is 0 Å². The first-order valence-corrected chi connectivity index (χ1v) is 12.1. The standard InChI is InChI=1S/C14H22O.C13H20O.C3H6O/c1-5-14(15)11-7-10-13(4)9-6-8-12(2)3;1-10-6-5-9-13(3,4)12(10)8-7-11(2)14;1-3(2)4/h7-8,10-11H,5-6,9H2,1-4H3;6-8,12H,5,9H2,1-4H3;1-2H3/b11-7+,13-10+;8-7+;. The Morgan fingerprint density at radius 1 is 1.03 bits per heavy atom. The quantitative estimate of drug-likeness (QED) is 0.209. The Balaban J connectivity index is 0. The first-order chi connectivity index (χ1) is 15.2. The molecular weight excluding hydrogens is 408 g/mol. The molecule has 0 aromatic carbocycles. The molecule has 1 rings (SSSR count). The summed E-state index contributed by atoms with van der Waals surface area (Å²) in [7, 11) is 0. The van der Waals surface area contributed by atoms with E-state index in [1.54, 1.807) is 19.1 Å². The minimum absolute atomic E-state index is 0.138. The van der Waals surface area contributed by atoms with Gasteiger partial charge in [0.05, 0.1) is 0 Å². The van der Waals surface area contributed by atoms with Gasteiger partial charge in [0.2, 0.25) is 0 Å². The van der Waals surface area contributed by atoms with E-state index in [0.29, 0.717) is 17.8 Å². The number of allylic oxidation sites excluding steroid dienone is 10. The lowest BCUT2D eigenvalue weighted by Crippen LogP contribution is -2.26. The molecule has 1 aliphatic rings. The Hall–Kier alpha value is -2.29. The Morgan fingerprint density at radius 3 is 2.06 bits per heavy atom. The average molecular weight is 457 g/mol. The fraction of sp³-hybridized carbons (Fsp3) is 0.567. The molecule has 0 spiro atoms. The van der Waals surface area contributed by atoms with Crippen LogP contribution in [0.25, 0.3) is 0 Å². The third kappa shape index (κ3) is 20.1. The first kappa shape index (κ1) is 32.9. The molecule has 186 valence electrons. The van der Waals surface area contributed by atoms with Gasteiger partial charge in [0.15, 0.2) is 11.6 Å². The molecule has 0 heterocycles. The van der Waals surface area contributed by atoms with E-state index >= 15 is 0 Å². The molecule has 0 saturated carbocycles. The smallest absolute Gasteiger partial charge is 0.155 e. The third-order valence-electron chi connectivity index (χ3n) is 5.21. The van der Waals surface area contributed by atoms with Gasteiger partial charge < -0.3 is 4.79 Å². The van der Waals surface area contributed by atoms with Crippen molar-refractivity contribution in [3.05, 3.63) is 59.3 Å². The second-order valence-corrected chi connectivity index (χ2v) is 9.84. The van der Waals surface area contributed by atoms with E-state index < -0.39 is 0 Å². The van der Waals surface area contributed by atoms with Crippen LogP contribution >= 0.6 is 0 Å². The lowest BCUT2D eigenvalue weighted by Gasteiger charge is -2.36. The number of hydrogen-bond acceptors (Lipinski definition) is 3. The Bertz CT molecular complexity index is 762. The highest BCUT2D eigenvalue weighted by molar-refractivity contribution is 5.89. The monoisotopic (exact) mass is 456 g/mol. The van der Waals surface area contributed by atoms with E-state index in [1.165, 1.54) is 43.4 Å². The summed E-state index contributed by atoms with van der Waals surface area (Å²) >= 11 is 0. The molecule has 1 atom stereocenters. The summed E-state index contributed by atoms with van der Waals surface area (Å²) in [5, 5.41) is 0. The van der Waals surface area contributed by atoms with Gasteiger partial charge in [-0.1, -0.05) is 67.9 Å². The van der Waals surface area contributed by atoms with Crippen LogP contribution in [0.4, 0.5) is 0 Å². The highest BCUT2D eigenvalue weighted by Crippen LogP contribution is 2.41. The molecular formula is C30H48O3. The summed E-state index contributed by atoms with van der Waals surface area (Å²) in [5.74, 6) is 0.919. The minimum Gasteiger partial charge on any atom is -0.300 e. The molecule has 0 fully saturated rings. The highest BCUT2D eigenvalue weighted by Gasteiger charge is 2.30. The summed E-state index contributed by atoms with van der Waals surface area (Å²) in [4.78, 5) is 31.3. The number of carbonyl (C=O) groups excluding carboxylic acids is 3.